The number of methoxy groups -OCH3 is 1. The van der Waals surface area contributed by atoms with E-state index < -0.39 is 11.7 Å². The van der Waals surface area contributed by atoms with Crippen LogP contribution in [0.4, 0.5) is 10.1 Å². The van der Waals surface area contributed by atoms with Gasteiger partial charge >= 0.3 is 0 Å². The topological polar surface area (TPSA) is 80.3 Å². The zero-order valence-corrected chi connectivity index (χ0v) is 15.8. The van der Waals surface area contributed by atoms with E-state index in [1.165, 1.54) is 36.4 Å². The first-order valence-corrected chi connectivity index (χ1v) is 9.00. The van der Waals surface area contributed by atoms with Crippen molar-refractivity contribution in [3.63, 3.8) is 0 Å². The minimum atomic E-state index is -0.484. The number of amides is 2. The highest BCUT2D eigenvalue weighted by Crippen LogP contribution is 2.13. The molecular formula is C22H20FN3O3. The Morgan fingerprint density at radius 3 is 2.38 bits per heavy atom. The van der Waals surface area contributed by atoms with Crippen molar-refractivity contribution in [1.29, 1.82) is 0 Å². The Hall–Kier alpha value is -3.74. The Labute approximate surface area is 167 Å². The Balaban J connectivity index is 1.58. The van der Waals surface area contributed by atoms with Crippen molar-refractivity contribution in [2.45, 2.75) is 6.42 Å². The van der Waals surface area contributed by atoms with Gasteiger partial charge in [0.1, 0.15) is 23.0 Å². The molecule has 148 valence electrons. The number of rotatable bonds is 7. The molecule has 6 nitrogen and oxygen atoms in total. The summed E-state index contributed by atoms with van der Waals surface area (Å²) in [6.07, 6.45) is 0.633. The molecule has 0 aliphatic rings. The van der Waals surface area contributed by atoms with Crippen LogP contribution >= 0.6 is 0 Å². The zero-order valence-electron chi connectivity index (χ0n) is 15.8. The van der Waals surface area contributed by atoms with E-state index in [9.17, 15) is 14.0 Å². The van der Waals surface area contributed by atoms with Crippen LogP contribution in [0.1, 0.15) is 26.5 Å². The highest BCUT2D eigenvalue weighted by Gasteiger charge is 2.12. The lowest BCUT2D eigenvalue weighted by Crippen LogP contribution is -2.27. The van der Waals surface area contributed by atoms with E-state index >= 15 is 0 Å². The van der Waals surface area contributed by atoms with E-state index in [0.717, 1.165) is 11.3 Å². The van der Waals surface area contributed by atoms with E-state index in [2.05, 4.69) is 15.6 Å². The largest absolute Gasteiger partial charge is 0.497 e. The van der Waals surface area contributed by atoms with Crippen molar-refractivity contribution in [3.05, 3.63) is 89.5 Å². The molecule has 0 atom stereocenters. The molecule has 2 aromatic carbocycles. The maximum Gasteiger partial charge on any atom is 0.274 e. The maximum atomic E-state index is 13.0. The SMILES string of the molecule is COc1cccc(CCNC(=O)c2cccc(C(=O)Nc3ccc(F)cc3)n2)c1. The quantitative estimate of drug-likeness (QED) is 0.644. The van der Waals surface area contributed by atoms with E-state index in [-0.39, 0.29) is 17.3 Å². The predicted octanol–water partition coefficient (Wildman–Crippen LogP) is 3.45. The minimum absolute atomic E-state index is 0.0924. The average Bonchev–Trinajstić information content (AvgIpc) is 2.75. The molecule has 0 bridgehead atoms. The number of nitrogens with zero attached hydrogens (tertiary/aromatic N) is 1. The third-order valence-electron chi connectivity index (χ3n) is 4.15. The summed E-state index contributed by atoms with van der Waals surface area (Å²) < 4.78 is 18.1. The number of aromatic nitrogens is 1. The molecule has 2 N–H and O–H groups in total. The van der Waals surface area contributed by atoms with E-state index in [1.807, 2.05) is 24.3 Å². The van der Waals surface area contributed by atoms with Crippen LogP contribution in [0, 0.1) is 5.82 Å². The Kier molecular flexibility index (Phi) is 6.52. The third-order valence-corrected chi connectivity index (χ3v) is 4.15. The number of halogens is 1. The Bertz CT molecular complexity index is 1010. The summed E-state index contributed by atoms with van der Waals surface area (Å²) >= 11 is 0. The summed E-state index contributed by atoms with van der Waals surface area (Å²) in [4.78, 5) is 28.8. The van der Waals surface area contributed by atoms with Crippen LogP contribution in [-0.4, -0.2) is 30.5 Å². The summed E-state index contributed by atoms with van der Waals surface area (Å²) in [5.74, 6) is -0.490. The molecule has 0 fully saturated rings. The van der Waals surface area contributed by atoms with Gasteiger partial charge in [-0.1, -0.05) is 18.2 Å². The van der Waals surface area contributed by atoms with Crippen LogP contribution in [0.15, 0.2) is 66.7 Å². The minimum Gasteiger partial charge on any atom is -0.497 e. The second kappa shape index (κ2) is 9.45. The molecule has 0 aliphatic heterocycles. The molecule has 2 amide bonds. The fraction of sp³-hybridized carbons (Fsp3) is 0.136. The molecule has 0 unspecified atom stereocenters. The molecule has 0 radical (unpaired) electrons. The van der Waals surface area contributed by atoms with Gasteiger partial charge in [0.2, 0.25) is 0 Å². The highest BCUT2D eigenvalue weighted by molar-refractivity contribution is 6.03. The van der Waals surface area contributed by atoms with Gasteiger partial charge in [0.25, 0.3) is 11.8 Å². The summed E-state index contributed by atoms with van der Waals surface area (Å²) in [7, 11) is 1.60. The van der Waals surface area contributed by atoms with Gasteiger partial charge < -0.3 is 15.4 Å². The van der Waals surface area contributed by atoms with Crippen LogP contribution in [0.3, 0.4) is 0 Å². The number of hydrogen-bond acceptors (Lipinski definition) is 4. The Morgan fingerprint density at radius 2 is 1.66 bits per heavy atom. The number of benzene rings is 2. The lowest BCUT2D eigenvalue weighted by molar-refractivity contribution is 0.0949. The first-order chi connectivity index (χ1) is 14.0. The molecule has 0 saturated heterocycles. The second-order valence-corrected chi connectivity index (χ2v) is 6.23. The number of carbonyl (C=O) groups excluding carboxylic acids is 2. The monoisotopic (exact) mass is 393 g/mol. The van der Waals surface area contributed by atoms with E-state index in [4.69, 9.17) is 4.74 Å². The number of carbonyl (C=O) groups is 2. The summed E-state index contributed by atoms with van der Waals surface area (Å²) in [6.45, 7) is 0.416. The second-order valence-electron chi connectivity index (χ2n) is 6.23. The molecule has 7 heteroatoms. The molecule has 1 heterocycles. The molecule has 3 aromatic rings. The van der Waals surface area contributed by atoms with Gasteiger partial charge in [-0.2, -0.15) is 0 Å². The van der Waals surface area contributed by atoms with Crippen molar-refractivity contribution in [2.75, 3.05) is 19.0 Å². The molecule has 3 rings (SSSR count). The van der Waals surface area contributed by atoms with Gasteiger partial charge in [-0.05, 0) is 60.5 Å². The lowest BCUT2D eigenvalue weighted by Gasteiger charge is -2.08. The van der Waals surface area contributed by atoms with Gasteiger partial charge in [-0.25, -0.2) is 9.37 Å². The first kappa shape index (κ1) is 20.0. The van der Waals surface area contributed by atoms with Crippen molar-refractivity contribution in [3.8, 4) is 5.75 Å². The third kappa shape index (κ3) is 5.62. The van der Waals surface area contributed by atoms with Crippen LogP contribution in [0.25, 0.3) is 0 Å². The van der Waals surface area contributed by atoms with Gasteiger partial charge in [0, 0.05) is 12.2 Å². The average molecular weight is 393 g/mol. The fourth-order valence-corrected chi connectivity index (χ4v) is 2.65. The number of nitrogens with one attached hydrogen (secondary N) is 2. The van der Waals surface area contributed by atoms with Crippen LogP contribution < -0.4 is 15.4 Å². The van der Waals surface area contributed by atoms with Crippen molar-refractivity contribution < 1.29 is 18.7 Å². The predicted molar refractivity (Wildman–Crippen MR) is 108 cm³/mol. The molecule has 1 aromatic heterocycles. The summed E-state index contributed by atoms with van der Waals surface area (Å²) in [6, 6.07) is 17.6. The van der Waals surface area contributed by atoms with Crippen molar-refractivity contribution in [2.24, 2.45) is 0 Å². The first-order valence-electron chi connectivity index (χ1n) is 9.00. The molecular weight excluding hydrogens is 373 g/mol. The van der Waals surface area contributed by atoms with Crippen molar-refractivity contribution >= 4 is 17.5 Å². The van der Waals surface area contributed by atoms with Gasteiger partial charge in [0.15, 0.2) is 0 Å². The van der Waals surface area contributed by atoms with E-state index in [0.29, 0.717) is 18.7 Å². The standard InChI is InChI=1S/C22H20FN3O3/c1-29-18-5-2-4-15(14-18)12-13-24-21(27)19-6-3-7-20(26-19)22(28)25-17-10-8-16(23)9-11-17/h2-11,14H,12-13H2,1H3,(H,24,27)(H,25,28). The molecule has 0 aliphatic carbocycles. The summed E-state index contributed by atoms with van der Waals surface area (Å²) in [5, 5.41) is 5.41. The van der Waals surface area contributed by atoms with Crippen LogP contribution in [0.2, 0.25) is 0 Å². The Morgan fingerprint density at radius 1 is 0.966 bits per heavy atom. The van der Waals surface area contributed by atoms with Gasteiger partial charge in [-0.3, -0.25) is 9.59 Å². The smallest absolute Gasteiger partial charge is 0.274 e. The number of anilines is 1. The normalized spacial score (nSPS) is 10.3. The van der Waals surface area contributed by atoms with Gasteiger partial charge in [-0.15, -0.1) is 0 Å². The fourth-order valence-electron chi connectivity index (χ4n) is 2.65. The lowest BCUT2D eigenvalue weighted by atomic mass is 10.1. The van der Waals surface area contributed by atoms with E-state index in [1.54, 1.807) is 13.2 Å². The summed E-state index contributed by atoms with van der Waals surface area (Å²) in [5.41, 5.74) is 1.70. The highest BCUT2D eigenvalue weighted by atomic mass is 19.1. The number of ether oxygens (including phenoxy) is 1. The molecule has 0 spiro atoms. The molecule has 29 heavy (non-hydrogen) atoms. The van der Waals surface area contributed by atoms with Gasteiger partial charge in [0.05, 0.1) is 7.11 Å². The maximum absolute atomic E-state index is 13.0. The van der Waals surface area contributed by atoms with Crippen LogP contribution in [-0.2, 0) is 6.42 Å². The van der Waals surface area contributed by atoms with Crippen molar-refractivity contribution in [1.82, 2.24) is 10.3 Å². The zero-order chi connectivity index (χ0) is 20.6. The van der Waals surface area contributed by atoms with Crippen LogP contribution in [0.5, 0.6) is 5.75 Å². The molecule has 0 saturated carbocycles. The number of hydrogen-bond donors (Lipinski definition) is 2. The number of pyridine rings is 1.